The second kappa shape index (κ2) is 10.3. The molecular weight excluding hydrogens is 420 g/mol. The number of nitrogens with one attached hydrogen (secondary N) is 1. The molecule has 2 aromatic carbocycles. The van der Waals surface area contributed by atoms with Crippen LogP contribution in [-0.2, 0) is 4.79 Å². The predicted molar refractivity (Wildman–Crippen MR) is 130 cm³/mol. The van der Waals surface area contributed by atoms with E-state index in [1.807, 2.05) is 48.5 Å². The number of hydrogen-bond acceptors (Lipinski definition) is 4. The third-order valence-corrected chi connectivity index (χ3v) is 7.25. The van der Waals surface area contributed by atoms with Gasteiger partial charge in [0.1, 0.15) is 5.75 Å². The van der Waals surface area contributed by atoms with Gasteiger partial charge in [0.15, 0.2) is 0 Å². The number of carbonyl (C=O) groups is 2. The molecule has 1 fully saturated rings. The van der Waals surface area contributed by atoms with Crippen molar-refractivity contribution in [2.75, 3.05) is 19.1 Å². The van der Waals surface area contributed by atoms with Crippen LogP contribution in [0.3, 0.4) is 0 Å². The fourth-order valence-electron chi connectivity index (χ4n) is 4.26. The maximum atomic E-state index is 13.0. The molecule has 1 aliphatic heterocycles. The van der Waals surface area contributed by atoms with Crippen LogP contribution >= 0.6 is 11.8 Å². The van der Waals surface area contributed by atoms with Gasteiger partial charge in [-0.25, -0.2) is 0 Å². The summed E-state index contributed by atoms with van der Waals surface area (Å²) < 4.78 is 5.20. The zero-order valence-electron chi connectivity index (χ0n) is 18.7. The molecule has 0 spiro atoms. The monoisotopic (exact) mass is 450 g/mol. The quantitative estimate of drug-likeness (QED) is 0.612. The highest BCUT2D eigenvalue weighted by molar-refractivity contribution is 8.04. The molecule has 0 aromatic heterocycles. The largest absolute Gasteiger partial charge is 0.497 e. The van der Waals surface area contributed by atoms with Gasteiger partial charge in [-0.3, -0.25) is 9.59 Å². The number of likely N-dealkylation sites (N-methyl/N-ethyl adjacent to an activating group) is 1. The van der Waals surface area contributed by atoms with Crippen LogP contribution < -0.4 is 15.0 Å². The van der Waals surface area contributed by atoms with Gasteiger partial charge < -0.3 is 15.0 Å². The van der Waals surface area contributed by atoms with Crippen LogP contribution in [-0.4, -0.2) is 32.0 Å². The first kappa shape index (κ1) is 22.5. The van der Waals surface area contributed by atoms with E-state index in [4.69, 9.17) is 4.74 Å². The number of nitrogens with zero attached hydrogens (tertiary/aromatic N) is 1. The maximum absolute atomic E-state index is 13.0. The van der Waals surface area contributed by atoms with Crippen LogP contribution in [0.15, 0.2) is 52.3 Å². The van der Waals surface area contributed by atoms with Crippen molar-refractivity contribution in [3.8, 4) is 5.75 Å². The molecule has 32 heavy (non-hydrogen) atoms. The van der Waals surface area contributed by atoms with Gasteiger partial charge in [0.25, 0.3) is 11.8 Å². The molecular formula is C26H30N2O3S. The van der Waals surface area contributed by atoms with Gasteiger partial charge in [0, 0.05) is 23.5 Å². The van der Waals surface area contributed by atoms with Gasteiger partial charge in [-0.15, -0.1) is 0 Å². The third kappa shape index (κ3) is 5.18. The molecule has 0 saturated heterocycles. The van der Waals surface area contributed by atoms with Crippen molar-refractivity contribution in [1.29, 1.82) is 0 Å². The van der Waals surface area contributed by atoms with Crippen molar-refractivity contribution >= 4 is 35.3 Å². The molecule has 2 aliphatic rings. The molecule has 2 amide bonds. The predicted octanol–water partition coefficient (Wildman–Crippen LogP) is 5.65. The SMILES string of the molecule is COc1ccc(C=C2Sc3ccc(C(=O)NC4CCCCCCC4)cc3N(C)C2=O)cc1. The van der Waals surface area contributed by atoms with Gasteiger partial charge in [-0.2, -0.15) is 0 Å². The topological polar surface area (TPSA) is 58.6 Å². The van der Waals surface area contributed by atoms with Crippen molar-refractivity contribution in [3.63, 3.8) is 0 Å². The summed E-state index contributed by atoms with van der Waals surface area (Å²) in [6.07, 6.45) is 10.1. The highest BCUT2D eigenvalue weighted by Crippen LogP contribution is 2.42. The summed E-state index contributed by atoms with van der Waals surface area (Å²) in [5.74, 6) is 0.655. The van der Waals surface area contributed by atoms with Crippen LogP contribution in [0, 0.1) is 0 Å². The van der Waals surface area contributed by atoms with E-state index in [9.17, 15) is 9.59 Å². The molecule has 6 heteroatoms. The van der Waals surface area contributed by atoms with Crippen LogP contribution in [0.5, 0.6) is 5.75 Å². The van der Waals surface area contributed by atoms with E-state index in [1.54, 1.807) is 19.1 Å². The molecule has 0 radical (unpaired) electrons. The number of amides is 2. The Balaban J connectivity index is 1.50. The van der Waals surface area contributed by atoms with E-state index < -0.39 is 0 Å². The molecule has 1 aliphatic carbocycles. The zero-order chi connectivity index (χ0) is 22.5. The standard InChI is InChI=1S/C26H30N2O3S/c1-28-22-17-19(25(29)27-20-8-6-4-3-5-7-9-20)12-15-23(22)32-24(26(28)30)16-18-10-13-21(31-2)14-11-18/h10-17,20H,3-9H2,1-2H3,(H,27,29). The lowest BCUT2D eigenvalue weighted by Crippen LogP contribution is -2.35. The average Bonchev–Trinajstić information content (AvgIpc) is 2.79. The second-order valence-corrected chi connectivity index (χ2v) is 9.53. The second-order valence-electron chi connectivity index (χ2n) is 8.45. The van der Waals surface area contributed by atoms with E-state index in [2.05, 4.69) is 5.32 Å². The molecule has 168 valence electrons. The number of hydrogen-bond donors (Lipinski definition) is 1. The minimum absolute atomic E-state index is 0.0520. The van der Waals surface area contributed by atoms with Crippen molar-refractivity contribution in [3.05, 3.63) is 58.5 Å². The normalized spacial score (nSPS) is 18.6. The number of ether oxygens (including phenoxy) is 1. The Morgan fingerprint density at radius 3 is 2.44 bits per heavy atom. The molecule has 0 atom stereocenters. The fourth-order valence-corrected chi connectivity index (χ4v) is 5.35. The Bertz CT molecular complexity index is 1010. The number of anilines is 1. The molecule has 4 rings (SSSR count). The molecule has 1 N–H and O–H groups in total. The molecule has 0 bridgehead atoms. The van der Waals surface area contributed by atoms with E-state index in [0.717, 1.165) is 34.7 Å². The minimum Gasteiger partial charge on any atom is -0.497 e. The summed E-state index contributed by atoms with van der Waals surface area (Å²) in [6, 6.07) is 13.5. The van der Waals surface area contributed by atoms with Gasteiger partial charge >= 0.3 is 0 Å². The minimum atomic E-state index is -0.0732. The Morgan fingerprint density at radius 1 is 1.06 bits per heavy atom. The van der Waals surface area contributed by atoms with E-state index in [-0.39, 0.29) is 17.9 Å². The molecule has 5 nitrogen and oxygen atoms in total. The average molecular weight is 451 g/mol. The first-order chi connectivity index (χ1) is 15.5. The zero-order valence-corrected chi connectivity index (χ0v) is 19.5. The maximum Gasteiger partial charge on any atom is 0.264 e. The summed E-state index contributed by atoms with van der Waals surface area (Å²) in [6.45, 7) is 0. The third-order valence-electron chi connectivity index (χ3n) is 6.17. The summed E-state index contributed by atoms with van der Waals surface area (Å²) in [5, 5.41) is 3.22. The Morgan fingerprint density at radius 2 is 1.75 bits per heavy atom. The molecule has 0 unspecified atom stereocenters. The van der Waals surface area contributed by atoms with Gasteiger partial charge in [0.2, 0.25) is 0 Å². The van der Waals surface area contributed by atoms with Crippen LogP contribution in [0.25, 0.3) is 6.08 Å². The van der Waals surface area contributed by atoms with Crippen LogP contribution in [0.1, 0.15) is 60.9 Å². The Hall–Kier alpha value is -2.73. The smallest absolute Gasteiger partial charge is 0.264 e. The molecule has 1 heterocycles. The van der Waals surface area contributed by atoms with Crippen LogP contribution in [0.2, 0.25) is 0 Å². The number of benzene rings is 2. The Kier molecular flexibility index (Phi) is 7.20. The van der Waals surface area contributed by atoms with Gasteiger partial charge in [-0.1, -0.05) is 56.0 Å². The van der Waals surface area contributed by atoms with Crippen molar-refractivity contribution < 1.29 is 14.3 Å². The van der Waals surface area contributed by atoms with Crippen molar-refractivity contribution in [2.24, 2.45) is 0 Å². The van der Waals surface area contributed by atoms with Gasteiger partial charge in [-0.05, 0) is 54.8 Å². The lowest BCUT2D eigenvalue weighted by atomic mass is 9.96. The number of thioether (sulfide) groups is 1. The number of rotatable bonds is 4. The highest BCUT2D eigenvalue weighted by Gasteiger charge is 2.27. The van der Waals surface area contributed by atoms with Crippen LogP contribution in [0.4, 0.5) is 5.69 Å². The van der Waals surface area contributed by atoms with Crippen molar-refractivity contribution in [1.82, 2.24) is 5.32 Å². The summed E-state index contributed by atoms with van der Waals surface area (Å²) >= 11 is 1.44. The molecule has 2 aromatic rings. The van der Waals surface area contributed by atoms with E-state index in [0.29, 0.717) is 10.5 Å². The molecule has 1 saturated carbocycles. The van der Waals surface area contributed by atoms with E-state index in [1.165, 1.54) is 43.9 Å². The number of methoxy groups -OCH3 is 1. The summed E-state index contributed by atoms with van der Waals surface area (Å²) in [5.41, 5.74) is 2.32. The lowest BCUT2D eigenvalue weighted by molar-refractivity contribution is -0.114. The first-order valence-electron chi connectivity index (χ1n) is 11.3. The lowest BCUT2D eigenvalue weighted by Gasteiger charge is -2.27. The number of fused-ring (bicyclic) bond motifs is 1. The summed E-state index contributed by atoms with van der Waals surface area (Å²) in [7, 11) is 3.39. The Labute approximate surface area is 194 Å². The van der Waals surface area contributed by atoms with Gasteiger partial charge in [0.05, 0.1) is 17.7 Å². The fraction of sp³-hybridized carbons (Fsp3) is 0.385. The first-order valence-corrected chi connectivity index (χ1v) is 12.1. The van der Waals surface area contributed by atoms with E-state index >= 15 is 0 Å². The number of carbonyl (C=O) groups excluding carboxylic acids is 2. The highest BCUT2D eigenvalue weighted by atomic mass is 32.2. The summed E-state index contributed by atoms with van der Waals surface area (Å²) in [4.78, 5) is 29.1. The van der Waals surface area contributed by atoms with Crippen molar-refractivity contribution in [2.45, 2.75) is 55.9 Å².